The van der Waals surface area contributed by atoms with Crippen molar-refractivity contribution in [3.05, 3.63) is 47.3 Å². The summed E-state index contributed by atoms with van der Waals surface area (Å²) in [7, 11) is 1.74. The predicted octanol–water partition coefficient (Wildman–Crippen LogP) is 1.46. The number of likely N-dealkylation sites (N-methyl/N-ethyl adjacent to an activating group) is 1. The Bertz CT molecular complexity index is 820. The van der Waals surface area contributed by atoms with Crippen molar-refractivity contribution < 1.29 is 18.8 Å². The zero-order chi connectivity index (χ0) is 19.4. The largest absolute Gasteiger partial charge is 0.492 e. The van der Waals surface area contributed by atoms with Crippen LogP contribution in [0.25, 0.3) is 0 Å². The molecule has 8 heteroatoms. The Kier molecular flexibility index (Phi) is 5.88. The molecule has 144 valence electrons. The van der Waals surface area contributed by atoms with Gasteiger partial charge >= 0.3 is 0 Å². The summed E-state index contributed by atoms with van der Waals surface area (Å²) in [6.07, 6.45) is 0.602. The fraction of sp³-hybridized carbons (Fsp3) is 0.421. The smallest absolute Gasteiger partial charge is 0.241 e. The highest BCUT2D eigenvalue weighted by Gasteiger charge is 2.31. The van der Waals surface area contributed by atoms with Gasteiger partial charge in [-0.25, -0.2) is 5.43 Å². The zero-order valence-electron chi connectivity index (χ0n) is 15.7. The number of nitrogens with one attached hydrogen (secondary N) is 2. The minimum Gasteiger partial charge on any atom is -0.492 e. The van der Waals surface area contributed by atoms with Crippen LogP contribution in [0.5, 0.6) is 5.75 Å². The summed E-state index contributed by atoms with van der Waals surface area (Å²) in [5.74, 6) is 1.26. The standard InChI is InChI=1S/C19H24N4O4/c1-12-7-17(27-22-12)10-23(3)19(25)18-9-15(20-21-18)11-26-16-6-4-5-14(8-16)13(2)24/h4-8,15,18,20-21H,9-11H2,1-3H3. The molecule has 2 atom stereocenters. The topological polar surface area (TPSA) is 96.7 Å². The van der Waals surface area contributed by atoms with E-state index in [1.165, 1.54) is 6.92 Å². The van der Waals surface area contributed by atoms with Gasteiger partial charge in [-0.3, -0.25) is 15.0 Å². The Morgan fingerprint density at radius 3 is 2.85 bits per heavy atom. The van der Waals surface area contributed by atoms with E-state index in [0.717, 1.165) is 5.69 Å². The van der Waals surface area contributed by atoms with Crippen molar-refractivity contribution in [1.29, 1.82) is 0 Å². The van der Waals surface area contributed by atoms with Gasteiger partial charge in [0.1, 0.15) is 18.4 Å². The minimum atomic E-state index is -0.337. The number of carbonyl (C=O) groups is 2. The van der Waals surface area contributed by atoms with Crippen LogP contribution in [0.15, 0.2) is 34.9 Å². The van der Waals surface area contributed by atoms with Crippen molar-refractivity contribution in [2.24, 2.45) is 0 Å². The third-order valence-electron chi connectivity index (χ3n) is 4.42. The van der Waals surface area contributed by atoms with Crippen LogP contribution in [0, 0.1) is 6.92 Å². The van der Waals surface area contributed by atoms with Crippen LogP contribution in [0.1, 0.15) is 35.2 Å². The summed E-state index contributed by atoms with van der Waals surface area (Å²) in [5, 5.41) is 3.83. The van der Waals surface area contributed by atoms with Crippen LogP contribution in [0.4, 0.5) is 0 Å². The van der Waals surface area contributed by atoms with E-state index in [-0.39, 0.29) is 23.8 Å². The van der Waals surface area contributed by atoms with Crippen LogP contribution >= 0.6 is 0 Å². The van der Waals surface area contributed by atoms with Gasteiger partial charge in [0, 0.05) is 18.7 Å². The van der Waals surface area contributed by atoms with Crippen LogP contribution in [-0.2, 0) is 11.3 Å². The Hall–Kier alpha value is -2.71. The summed E-state index contributed by atoms with van der Waals surface area (Å²) in [6, 6.07) is 8.54. The number of hydrogen-bond acceptors (Lipinski definition) is 7. The average molecular weight is 372 g/mol. The van der Waals surface area contributed by atoms with E-state index in [9.17, 15) is 9.59 Å². The number of amides is 1. The molecular weight excluding hydrogens is 348 g/mol. The molecule has 1 aliphatic heterocycles. The molecule has 1 fully saturated rings. The summed E-state index contributed by atoms with van der Waals surface area (Å²) in [5.41, 5.74) is 7.52. The van der Waals surface area contributed by atoms with Gasteiger partial charge < -0.3 is 14.2 Å². The lowest BCUT2D eigenvalue weighted by Gasteiger charge is -2.19. The highest BCUT2D eigenvalue weighted by atomic mass is 16.5. The SMILES string of the molecule is CC(=O)c1cccc(OCC2CC(C(=O)N(C)Cc3cc(C)no3)NN2)c1. The maximum atomic E-state index is 12.6. The molecule has 2 heterocycles. The maximum Gasteiger partial charge on any atom is 0.241 e. The fourth-order valence-corrected chi connectivity index (χ4v) is 2.96. The number of rotatable bonds is 7. The van der Waals surface area contributed by atoms with E-state index >= 15 is 0 Å². The number of ketones is 1. The Balaban J connectivity index is 1.48. The first-order valence-electron chi connectivity index (χ1n) is 8.84. The lowest BCUT2D eigenvalue weighted by molar-refractivity contribution is -0.132. The second-order valence-electron chi connectivity index (χ2n) is 6.80. The van der Waals surface area contributed by atoms with Gasteiger partial charge in [-0.2, -0.15) is 0 Å². The number of aromatic nitrogens is 1. The number of nitrogens with zero attached hydrogens (tertiary/aromatic N) is 2. The van der Waals surface area contributed by atoms with Crippen molar-refractivity contribution in [3.63, 3.8) is 0 Å². The minimum absolute atomic E-state index is 0.00300. The van der Waals surface area contributed by atoms with Crippen molar-refractivity contribution in [1.82, 2.24) is 20.9 Å². The summed E-state index contributed by atoms with van der Waals surface area (Å²) >= 11 is 0. The molecule has 2 N–H and O–H groups in total. The first kappa shape index (κ1) is 19.1. The van der Waals surface area contributed by atoms with Gasteiger partial charge in [0.2, 0.25) is 5.91 Å². The van der Waals surface area contributed by atoms with Crippen LogP contribution in [0.2, 0.25) is 0 Å². The first-order valence-corrected chi connectivity index (χ1v) is 8.84. The molecule has 2 aromatic rings. The van der Waals surface area contributed by atoms with Crippen molar-refractivity contribution >= 4 is 11.7 Å². The Morgan fingerprint density at radius 1 is 1.33 bits per heavy atom. The molecule has 0 bridgehead atoms. The number of ether oxygens (including phenoxy) is 1. The van der Waals surface area contributed by atoms with Crippen molar-refractivity contribution in [2.75, 3.05) is 13.7 Å². The normalized spacial score (nSPS) is 19.1. The highest BCUT2D eigenvalue weighted by Crippen LogP contribution is 2.16. The van der Waals surface area contributed by atoms with Gasteiger partial charge in [-0.15, -0.1) is 0 Å². The Morgan fingerprint density at radius 2 is 2.15 bits per heavy atom. The second kappa shape index (κ2) is 8.32. The van der Waals surface area contributed by atoms with Crippen LogP contribution < -0.4 is 15.6 Å². The van der Waals surface area contributed by atoms with Gasteiger partial charge in [0.25, 0.3) is 0 Å². The molecule has 1 aromatic heterocycles. The van der Waals surface area contributed by atoms with E-state index in [4.69, 9.17) is 9.26 Å². The summed E-state index contributed by atoms with van der Waals surface area (Å²) in [6.45, 7) is 4.13. The zero-order valence-corrected chi connectivity index (χ0v) is 15.7. The number of hydrogen-bond donors (Lipinski definition) is 2. The number of Topliss-reactive ketones (excluding diaryl/α,β-unsaturated/α-hetero) is 1. The lowest BCUT2D eigenvalue weighted by atomic mass is 10.1. The molecule has 27 heavy (non-hydrogen) atoms. The monoisotopic (exact) mass is 372 g/mol. The second-order valence-corrected chi connectivity index (χ2v) is 6.80. The highest BCUT2D eigenvalue weighted by molar-refractivity contribution is 5.94. The predicted molar refractivity (Wildman–Crippen MR) is 98.1 cm³/mol. The number of aryl methyl sites for hydroxylation is 1. The van der Waals surface area contributed by atoms with Gasteiger partial charge in [0.15, 0.2) is 11.5 Å². The third-order valence-corrected chi connectivity index (χ3v) is 4.42. The molecule has 2 unspecified atom stereocenters. The molecular formula is C19H24N4O4. The van der Waals surface area contributed by atoms with Gasteiger partial charge in [-0.05, 0) is 32.4 Å². The first-order chi connectivity index (χ1) is 12.9. The van der Waals surface area contributed by atoms with E-state index in [0.29, 0.717) is 36.6 Å². The van der Waals surface area contributed by atoms with E-state index in [2.05, 4.69) is 16.0 Å². The third kappa shape index (κ3) is 4.93. The molecule has 1 aromatic carbocycles. The van der Waals surface area contributed by atoms with Crippen LogP contribution in [-0.4, -0.2) is 47.5 Å². The van der Waals surface area contributed by atoms with Gasteiger partial charge in [-0.1, -0.05) is 17.3 Å². The summed E-state index contributed by atoms with van der Waals surface area (Å²) < 4.78 is 10.9. The quantitative estimate of drug-likeness (QED) is 0.710. The number of carbonyl (C=O) groups excluding carboxylic acids is 2. The molecule has 8 nitrogen and oxygen atoms in total. The van der Waals surface area contributed by atoms with Gasteiger partial charge in [0.05, 0.1) is 18.3 Å². The van der Waals surface area contributed by atoms with Crippen molar-refractivity contribution in [2.45, 2.75) is 38.9 Å². The molecule has 1 aliphatic rings. The van der Waals surface area contributed by atoms with E-state index < -0.39 is 0 Å². The lowest BCUT2D eigenvalue weighted by Crippen LogP contribution is -2.44. The fourth-order valence-electron chi connectivity index (χ4n) is 2.96. The Labute approximate surface area is 157 Å². The van der Waals surface area contributed by atoms with Crippen molar-refractivity contribution in [3.8, 4) is 5.75 Å². The molecule has 1 saturated heterocycles. The maximum absolute atomic E-state index is 12.6. The molecule has 3 rings (SSSR count). The molecule has 0 radical (unpaired) electrons. The molecule has 1 amide bonds. The average Bonchev–Trinajstić information content (AvgIpc) is 3.28. The molecule has 0 spiro atoms. The number of hydrazine groups is 1. The van der Waals surface area contributed by atoms with E-state index in [1.807, 2.05) is 19.1 Å². The summed E-state index contributed by atoms with van der Waals surface area (Å²) in [4.78, 5) is 25.6. The van der Waals surface area contributed by atoms with E-state index in [1.54, 1.807) is 30.1 Å². The molecule has 0 saturated carbocycles. The molecule has 0 aliphatic carbocycles. The van der Waals surface area contributed by atoms with Crippen LogP contribution in [0.3, 0.4) is 0 Å². The number of benzene rings is 1.